The van der Waals surface area contributed by atoms with E-state index in [4.69, 9.17) is 10.8 Å². The minimum Gasteiger partial charge on any atom is -0.465 e. The molecular weight excluding hydrogens is 180 g/mol. The lowest BCUT2D eigenvalue weighted by Gasteiger charge is -2.29. The zero-order valence-electron chi connectivity index (χ0n) is 8.70. The fraction of sp³-hybridized carbons (Fsp3) is 0.900. The zero-order valence-corrected chi connectivity index (χ0v) is 8.70. The molecule has 1 fully saturated rings. The van der Waals surface area contributed by atoms with E-state index >= 15 is 0 Å². The van der Waals surface area contributed by atoms with Crippen molar-refractivity contribution < 1.29 is 9.90 Å². The summed E-state index contributed by atoms with van der Waals surface area (Å²) in [5.41, 5.74) is 5.73. The molecule has 1 aliphatic rings. The third kappa shape index (κ3) is 3.96. The molecule has 1 unspecified atom stereocenters. The first-order valence-electron chi connectivity index (χ1n) is 5.33. The zero-order chi connectivity index (χ0) is 10.6. The lowest BCUT2D eigenvalue weighted by Crippen LogP contribution is -2.37. The molecule has 82 valence electrons. The van der Waals surface area contributed by atoms with Crippen LogP contribution >= 0.6 is 0 Å². The highest BCUT2D eigenvalue weighted by atomic mass is 16.4. The predicted octanol–water partition coefficient (Wildman–Crippen LogP) is 1.55. The number of hydrogen-bond acceptors (Lipinski definition) is 2. The molecule has 0 radical (unpaired) electrons. The van der Waals surface area contributed by atoms with Crippen molar-refractivity contribution in [2.45, 2.75) is 51.1 Å². The number of amides is 1. The summed E-state index contributed by atoms with van der Waals surface area (Å²) in [7, 11) is 0. The van der Waals surface area contributed by atoms with E-state index in [1.807, 2.05) is 6.92 Å². The molecule has 0 saturated heterocycles. The second-order valence-corrected chi connectivity index (χ2v) is 4.38. The van der Waals surface area contributed by atoms with Crippen LogP contribution < -0.4 is 11.1 Å². The fourth-order valence-corrected chi connectivity index (χ4v) is 2.24. The summed E-state index contributed by atoms with van der Waals surface area (Å²) in [6, 6.07) is 0.431. The number of hydrogen-bond donors (Lipinski definition) is 3. The molecule has 4 N–H and O–H groups in total. The molecule has 1 aliphatic carbocycles. The van der Waals surface area contributed by atoms with Crippen molar-refractivity contribution in [3.63, 3.8) is 0 Å². The van der Waals surface area contributed by atoms with Crippen LogP contribution in [0, 0.1) is 5.92 Å². The molecule has 1 saturated carbocycles. The van der Waals surface area contributed by atoms with Gasteiger partial charge in [0.2, 0.25) is 0 Å². The molecule has 0 heterocycles. The van der Waals surface area contributed by atoms with Gasteiger partial charge in [-0.15, -0.1) is 0 Å². The molecule has 1 amide bonds. The maximum atomic E-state index is 10.4. The van der Waals surface area contributed by atoms with Crippen LogP contribution in [0.25, 0.3) is 0 Å². The van der Waals surface area contributed by atoms with E-state index in [1.54, 1.807) is 0 Å². The Kier molecular flexibility index (Phi) is 4.20. The van der Waals surface area contributed by atoms with Crippen LogP contribution in [0.2, 0.25) is 0 Å². The number of nitrogens with one attached hydrogen (secondary N) is 1. The van der Waals surface area contributed by atoms with E-state index in [1.165, 1.54) is 0 Å². The van der Waals surface area contributed by atoms with Crippen LogP contribution in [0.3, 0.4) is 0 Å². The second kappa shape index (κ2) is 5.20. The first-order valence-corrected chi connectivity index (χ1v) is 5.33. The van der Waals surface area contributed by atoms with Crippen LogP contribution in [-0.2, 0) is 0 Å². The highest BCUT2D eigenvalue weighted by molar-refractivity contribution is 5.64. The van der Waals surface area contributed by atoms with Gasteiger partial charge in [-0.25, -0.2) is 4.79 Å². The summed E-state index contributed by atoms with van der Waals surface area (Å²) in [6.07, 6.45) is 4.30. The molecule has 0 spiro atoms. The normalized spacial score (nSPS) is 29.6. The Hall–Kier alpha value is -0.770. The quantitative estimate of drug-likeness (QED) is 0.647. The van der Waals surface area contributed by atoms with Gasteiger partial charge in [-0.3, -0.25) is 0 Å². The van der Waals surface area contributed by atoms with Crippen LogP contribution in [0.1, 0.15) is 39.0 Å². The topological polar surface area (TPSA) is 75.3 Å². The minimum absolute atomic E-state index is 0.164. The van der Waals surface area contributed by atoms with Crippen molar-refractivity contribution in [1.29, 1.82) is 0 Å². The Bertz CT molecular complexity index is 187. The highest BCUT2D eigenvalue weighted by Gasteiger charge is 2.22. The summed E-state index contributed by atoms with van der Waals surface area (Å²) < 4.78 is 0. The van der Waals surface area contributed by atoms with Gasteiger partial charge in [0.15, 0.2) is 0 Å². The minimum atomic E-state index is -0.902. The summed E-state index contributed by atoms with van der Waals surface area (Å²) in [5.74, 6) is 0.696. The Morgan fingerprint density at radius 1 is 1.50 bits per heavy atom. The van der Waals surface area contributed by atoms with Gasteiger partial charge in [-0.1, -0.05) is 0 Å². The van der Waals surface area contributed by atoms with Gasteiger partial charge >= 0.3 is 6.09 Å². The summed E-state index contributed by atoms with van der Waals surface area (Å²) in [4.78, 5) is 10.4. The molecular formula is C10H20N2O2. The first-order chi connectivity index (χ1) is 6.58. The van der Waals surface area contributed by atoms with Gasteiger partial charge in [-0.2, -0.15) is 0 Å². The Morgan fingerprint density at radius 3 is 2.50 bits per heavy atom. The Balaban J connectivity index is 2.21. The van der Waals surface area contributed by atoms with E-state index in [-0.39, 0.29) is 12.1 Å². The second-order valence-electron chi connectivity index (χ2n) is 4.38. The molecule has 0 bridgehead atoms. The van der Waals surface area contributed by atoms with E-state index in [0.717, 1.165) is 32.1 Å². The maximum absolute atomic E-state index is 10.4. The average molecular weight is 200 g/mol. The van der Waals surface area contributed by atoms with E-state index in [0.29, 0.717) is 5.92 Å². The molecule has 0 aromatic rings. The predicted molar refractivity (Wildman–Crippen MR) is 55.2 cm³/mol. The SMILES string of the molecule is CC(N)CC1CCC(NC(=O)O)CC1. The van der Waals surface area contributed by atoms with E-state index < -0.39 is 6.09 Å². The molecule has 0 aliphatic heterocycles. The van der Waals surface area contributed by atoms with E-state index in [9.17, 15) is 4.79 Å². The van der Waals surface area contributed by atoms with Crippen LogP contribution in [0.4, 0.5) is 4.79 Å². The summed E-state index contributed by atoms with van der Waals surface area (Å²) in [5, 5.41) is 11.1. The summed E-state index contributed by atoms with van der Waals surface area (Å²) >= 11 is 0. The summed E-state index contributed by atoms with van der Waals surface area (Å²) in [6.45, 7) is 2.03. The molecule has 14 heavy (non-hydrogen) atoms. The van der Waals surface area contributed by atoms with Crippen LogP contribution in [0.15, 0.2) is 0 Å². The van der Waals surface area contributed by atoms with Gasteiger partial charge in [0.1, 0.15) is 0 Å². The van der Waals surface area contributed by atoms with Crippen molar-refractivity contribution in [3.05, 3.63) is 0 Å². The molecule has 4 nitrogen and oxygen atoms in total. The monoisotopic (exact) mass is 200 g/mol. The molecule has 0 aromatic heterocycles. The number of nitrogens with two attached hydrogens (primary N) is 1. The Morgan fingerprint density at radius 2 is 2.07 bits per heavy atom. The number of carboxylic acid groups (broad SMARTS) is 1. The molecule has 1 atom stereocenters. The Labute approximate surface area is 84.9 Å². The van der Waals surface area contributed by atoms with Crippen molar-refractivity contribution in [2.24, 2.45) is 11.7 Å². The lowest BCUT2D eigenvalue weighted by molar-refractivity contribution is 0.181. The highest BCUT2D eigenvalue weighted by Crippen LogP contribution is 2.27. The van der Waals surface area contributed by atoms with Gasteiger partial charge in [0.05, 0.1) is 0 Å². The smallest absolute Gasteiger partial charge is 0.404 e. The molecule has 4 heteroatoms. The van der Waals surface area contributed by atoms with Gasteiger partial charge in [0, 0.05) is 12.1 Å². The molecule has 1 rings (SSSR count). The number of carbonyl (C=O) groups is 1. The average Bonchev–Trinajstić information content (AvgIpc) is 2.06. The van der Waals surface area contributed by atoms with E-state index in [2.05, 4.69) is 5.32 Å². The standard InChI is InChI=1S/C10H20N2O2/c1-7(11)6-8-2-4-9(5-3-8)12-10(13)14/h7-9,12H,2-6,11H2,1H3,(H,13,14). The maximum Gasteiger partial charge on any atom is 0.404 e. The largest absolute Gasteiger partial charge is 0.465 e. The fourth-order valence-electron chi connectivity index (χ4n) is 2.24. The van der Waals surface area contributed by atoms with Crippen molar-refractivity contribution in [1.82, 2.24) is 5.32 Å². The first kappa shape index (κ1) is 11.3. The lowest BCUT2D eigenvalue weighted by atomic mass is 9.83. The van der Waals surface area contributed by atoms with Gasteiger partial charge in [0.25, 0.3) is 0 Å². The third-order valence-electron chi connectivity index (χ3n) is 2.88. The van der Waals surface area contributed by atoms with Crippen LogP contribution in [-0.4, -0.2) is 23.3 Å². The van der Waals surface area contributed by atoms with Crippen LogP contribution in [0.5, 0.6) is 0 Å². The molecule has 0 aromatic carbocycles. The van der Waals surface area contributed by atoms with Gasteiger partial charge < -0.3 is 16.2 Å². The number of rotatable bonds is 3. The van der Waals surface area contributed by atoms with Crippen molar-refractivity contribution in [3.8, 4) is 0 Å². The van der Waals surface area contributed by atoms with Crippen molar-refractivity contribution >= 4 is 6.09 Å². The van der Waals surface area contributed by atoms with Crippen molar-refractivity contribution in [2.75, 3.05) is 0 Å². The third-order valence-corrected chi connectivity index (χ3v) is 2.88. The van der Waals surface area contributed by atoms with Gasteiger partial charge in [-0.05, 0) is 44.9 Å².